The number of nitrogens with two attached hydrogens (primary N) is 1. The van der Waals surface area contributed by atoms with Crippen LogP contribution in [0.5, 0.6) is 11.5 Å². The summed E-state index contributed by atoms with van der Waals surface area (Å²) in [4.78, 5) is 11.1. The first-order valence-corrected chi connectivity index (χ1v) is 9.88. The number of halogens is 1. The maximum atomic E-state index is 14.1. The first-order chi connectivity index (χ1) is 13.0. The number of hydrogen-bond acceptors (Lipinski definition) is 2. The Kier molecular flexibility index (Phi) is 3.78. The minimum atomic E-state index is -0.652. The fourth-order valence-electron chi connectivity index (χ4n) is 6.20. The number of primary amides is 1. The van der Waals surface area contributed by atoms with Crippen LogP contribution in [0.1, 0.15) is 54.4 Å². The molecular weight excluding hydrogens is 341 g/mol. The topological polar surface area (TPSA) is 52.3 Å². The van der Waals surface area contributed by atoms with Crippen LogP contribution in [0.4, 0.5) is 4.39 Å². The summed E-state index contributed by atoms with van der Waals surface area (Å²) in [6.45, 7) is 0. The predicted octanol–water partition coefficient (Wildman–Crippen LogP) is 5.18. The molecule has 0 saturated heterocycles. The van der Waals surface area contributed by atoms with Gasteiger partial charge in [0, 0.05) is 5.56 Å². The van der Waals surface area contributed by atoms with Crippen LogP contribution in [0, 0.1) is 23.6 Å². The van der Waals surface area contributed by atoms with Crippen molar-refractivity contribution < 1.29 is 13.9 Å². The fourth-order valence-corrected chi connectivity index (χ4v) is 6.20. The summed E-state index contributed by atoms with van der Waals surface area (Å²) in [5, 5.41) is 0. The van der Waals surface area contributed by atoms with Gasteiger partial charge >= 0.3 is 0 Å². The van der Waals surface area contributed by atoms with Crippen molar-refractivity contribution in [2.45, 2.75) is 43.9 Å². The second kappa shape index (κ2) is 6.08. The van der Waals surface area contributed by atoms with Crippen molar-refractivity contribution >= 4 is 5.91 Å². The number of carbonyl (C=O) groups excluding carboxylic acids is 1. The van der Waals surface area contributed by atoms with Crippen molar-refractivity contribution in [3.63, 3.8) is 0 Å². The van der Waals surface area contributed by atoms with Crippen LogP contribution in [-0.2, 0) is 5.41 Å². The van der Waals surface area contributed by atoms with Crippen LogP contribution in [0.2, 0.25) is 0 Å². The Morgan fingerprint density at radius 2 is 1.56 bits per heavy atom. The maximum Gasteiger partial charge on any atom is 0.248 e. The van der Waals surface area contributed by atoms with Crippen LogP contribution in [0.25, 0.3) is 0 Å². The lowest BCUT2D eigenvalue weighted by molar-refractivity contribution is -0.00520. The number of hydrogen-bond donors (Lipinski definition) is 1. The molecule has 0 unspecified atom stereocenters. The molecule has 0 radical (unpaired) electrons. The van der Waals surface area contributed by atoms with E-state index in [2.05, 4.69) is 12.1 Å². The van der Waals surface area contributed by atoms with Crippen LogP contribution in [-0.4, -0.2) is 5.91 Å². The van der Waals surface area contributed by atoms with Crippen LogP contribution in [0.15, 0.2) is 42.5 Å². The summed E-state index contributed by atoms with van der Waals surface area (Å²) >= 11 is 0. The molecule has 4 heteroatoms. The van der Waals surface area contributed by atoms with Gasteiger partial charge in [0.25, 0.3) is 0 Å². The third-order valence-corrected chi connectivity index (χ3v) is 6.95. The van der Waals surface area contributed by atoms with E-state index in [1.165, 1.54) is 56.2 Å². The molecule has 4 bridgehead atoms. The van der Waals surface area contributed by atoms with E-state index in [0.29, 0.717) is 11.2 Å². The Hall–Kier alpha value is -2.36. The minimum Gasteiger partial charge on any atom is -0.454 e. The largest absolute Gasteiger partial charge is 0.454 e. The van der Waals surface area contributed by atoms with E-state index in [9.17, 15) is 9.18 Å². The molecule has 1 amide bonds. The Bertz CT molecular complexity index is 854. The number of amides is 1. The van der Waals surface area contributed by atoms with Crippen molar-refractivity contribution in [2.24, 2.45) is 23.5 Å². The second-order valence-corrected chi connectivity index (χ2v) is 8.83. The molecule has 4 aliphatic carbocycles. The monoisotopic (exact) mass is 365 g/mol. The van der Waals surface area contributed by atoms with Gasteiger partial charge in [0.2, 0.25) is 5.91 Å². The van der Waals surface area contributed by atoms with Gasteiger partial charge in [0.05, 0.1) is 0 Å². The van der Waals surface area contributed by atoms with E-state index in [1.54, 1.807) is 0 Å². The molecule has 140 valence electrons. The molecular formula is C23H24FNO2. The third-order valence-electron chi connectivity index (χ3n) is 6.95. The van der Waals surface area contributed by atoms with Gasteiger partial charge in [-0.1, -0.05) is 12.1 Å². The highest BCUT2D eigenvalue weighted by atomic mass is 19.1. The highest BCUT2D eigenvalue weighted by Crippen LogP contribution is 2.60. The predicted molar refractivity (Wildman–Crippen MR) is 101 cm³/mol. The van der Waals surface area contributed by atoms with Gasteiger partial charge in [0.15, 0.2) is 11.6 Å². The summed E-state index contributed by atoms with van der Waals surface area (Å²) in [5.74, 6) is 2.19. The number of rotatable bonds is 4. The van der Waals surface area contributed by atoms with Gasteiger partial charge < -0.3 is 10.5 Å². The third kappa shape index (κ3) is 2.91. The lowest BCUT2D eigenvalue weighted by Crippen LogP contribution is -2.48. The summed E-state index contributed by atoms with van der Waals surface area (Å²) in [7, 11) is 0. The number of ether oxygens (including phenoxy) is 1. The van der Waals surface area contributed by atoms with Gasteiger partial charge in [-0.05, 0) is 97.6 Å². The van der Waals surface area contributed by atoms with Crippen molar-refractivity contribution in [3.05, 3.63) is 59.4 Å². The smallest absolute Gasteiger partial charge is 0.248 e. The highest BCUT2D eigenvalue weighted by Gasteiger charge is 2.51. The molecule has 27 heavy (non-hydrogen) atoms. The lowest BCUT2D eigenvalue weighted by Gasteiger charge is -2.57. The van der Waals surface area contributed by atoms with Crippen LogP contribution < -0.4 is 10.5 Å². The molecule has 0 aromatic heterocycles. The Morgan fingerprint density at radius 1 is 0.963 bits per heavy atom. The van der Waals surface area contributed by atoms with E-state index >= 15 is 0 Å². The minimum absolute atomic E-state index is 0.0996. The van der Waals surface area contributed by atoms with E-state index < -0.39 is 11.7 Å². The molecule has 4 saturated carbocycles. The number of benzene rings is 2. The van der Waals surface area contributed by atoms with Gasteiger partial charge in [-0.3, -0.25) is 4.79 Å². The summed E-state index contributed by atoms with van der Waals surface area (Å²) in [6, 6.07) is 12.2. The molecule has 4 fully saturated rings. The first kappa shape index (κ1) is 16.8. The van der Waals surface area contributed by atoms with Gasteiger partial charge in [-0.2, -0.15) is 0 Å². The fraction of sp³-hybridized carbons (Fsp3) is 0.435. The summed E-state index contributed by atoms with van der Waals surface area (Å²) < 4.78 is 19.8. The van der Waals surface area contributed by atoms with E-state index in [0.717, 1.165) is 23.8 Å². The van der Waals surface area contributed by atoms with Crippen molar-refractivity contribution in [1.29, 1.82) is 0 Å². The molecule has 0 heterocycles. The Balaban J connectivity index is 1.36. The molecule has 0 spiro atoms. The quantitative estimate of drug-likeness (QED) is 0.811. The normalized spacial score (nSPS) is 31.1. The second-order valence-electron chi connectivity index (χ2n) is 8.83. The number of carbonyl (C=O) groups is 1. The standard InChI is InChI=1S/C23H24FNO2/c24-20-10-17(22(25)26)1-6-21(20)27-19-4-2-18(3-5-19)23-11-14-7-15(12-23)9-16(8-14)13-23/h1-6,10,14-16H,7-9,11-13H2,(H2,25,26). The molecule has 0 atom stereocenters. The van der Waals surface area contributed by atoms with Gasteiger partial charge in [-0.25, -0.2) is 4.39 Å². The van der Waals surface area contributed by atoms with E-state index in [1.807, 2.05) is 12.1 Å². The van der Waals surface area contributed by atoms with Crippen molar-refractivity contribution in [1.82, 2.24) is 0 Å². The molecule has 2 aromatic rings. The average molecular weight is 365 g/mol. The van der Waals surface area contributed by atoms with Crippen LogP contribution in [0.3, 0.4) is 0 Å². The highest BCUT2D eigenvalue weighted by molar-refractivity contribution is 5.92. The zero-order chi connectivity index (χ0) is 18.6. The summed E-state index contributed by atoms with van der Waals surface area (Å²) in [6.07, 6.45) is 8.26. The van der Waals surface area contributed by atoms with E-state index in [4.69, 9.17) is 10.5 Å². The van der Waals surface area contributed by atoms with Crippen molar-refractivity contribution in [2.75, 3.05) is 0 Å². The van der Waals surface area contributed by atoms with Crippen molar-refractivity contribution in [3.8, 4) is 11.5 Å². The lowest BCUT2D eigenvalue weighted by atomic mass is 9.48. The van der Waals surface area contributed by atoms with E-state index in [-0.39, 0.29) is 11.3 Å². The molecule has 2 N–H and O–H groups in total. The maximum absolute atomic E-state index is 14.1. The van der Waals surface area contributed by atoms with Gasteiger partial charge in [-0.15, -0.1) is 0 Å². The Morgan fingerprint density at radius 3 is 2.07 bits per heavy atom. The molecule has 3 nitrogen and oxygen atoms in total. The molecule has 0 aliphatic heterocycles. The molecule has 4 aliphatic rings. The SMILES string of the molecule is NC(=O)c1ccc(Oc2ccc(C34CC5CC(CC(C5)C3)C4)cc2)c(F)c1. The average Bonchev–Trinajstić information content (AvgIpc) is 2.62. The Labute approximate surface area is 158 Å². The first-order valence-electron chi connectivity index (χ1n) is 9.88. The zero-order valence-electron chi connectivity index (χ0n) is 15.3. The molecule has 6 rings (SSSR count). The summed E-state index contributed by atoms with van der Waals surface area (Å²) in [5.41, 5.74) is 7.08. The van der Waals surface area contributed by atoms with Crippen LogP contribution >= 0.6 is 0 Å². The zero-order valence-corrected chi connectivity index (χ0v) is 15.3. The molecule has 2 aromatic carbocycles. The van der Waals surface area contributed by atoms with Gasteiger partial charge in [0.1, 0.15) is 5.75 Å².